The van der Waals surface area contributed by atoms with Gasteiger partial charge in [-0.3, -0.25) is 4.79 Å². The highest BCUT2D eigenvalue weighted by atomic mass is 32.2. The molecule has 2 aliphatic heterocycles. The fourth-order valence-corrected chi connectivity index (χ4v) is 4.42. The van der Waals surface area contributed by atoms with Gasteiger partial charge in [-0.1, -0.05) is 31.7 Å². The minimum absolute atomic E-state index is 0.0792. The van der Waals surface area contributed by atoms with E-state index < -0.39 is 0 Å². The lowest BCUT2D eigenvalue weighted by molar-refractivity contribution is -0.129. The van der Waals surface area contributed by atoms with E-state index in [-0.39, 0.29) is 11.9 Å². The van der Waals surface area contributed by atoms with Crippen molar-refractivity contribution < 1.29 is 14.3 Å². The molecule has 0 bridgehead atoms. The molecule has 0 spiro atoms. The monoisotopic (exact) mass is 403 g/mol. The molecule has 150 valence electrons. The van der Waals surface area contributed by atoms with Crippen LogP contribution in [0.2, 0.25) is 0 Å². The number of benzene rings is 1. The van der Waals surface area contributed by atoms with E-state index in [1.807, 2.05) is 23.1 Å². The zero-order valence-corrected chi connectivity index (χ0v) is 17.0. The van der Waals surface area contributed by atoms with Crippen LogP contribution < -0.4 is 9.47 Å². The maximum absolute atomic E-state index is 12.9. The summed E-state index contributed by atoms with van der Waals surface area (Å²) in [5.41, 5.74) is 1.10. The van der Waals surface area contributed by atoms with Crippen LogP contribution in [0.3, 0.4) is 0 Å². The molecule has 1 aromatic carbocycles. The molecule has 9 heteroatoms. The van der Waals surface area contributed by atoms with Crippen molar-refractivity contribution in [2.75, 3.05) is 25.5 Å². The quantitative estimate of drug-likeness (QED) is 0.686. The summed E-state index contributed by atoms with van der Waals surface area (Å²) in [7, 11) is 0. The van der Waals surface area contributed by atoms with Crippen LogP contribution in [0.15, 0.2) is 23.4 Å². The number of likely N-dealkylation sites (tertiary alicyclic amines) is 1. The van der Waals surface area contributed by atoms with E-state index in [0.717, 1.165) is 43.0 Å². The molecule has 2 aliphatic rings. The van der Waals surface area contributed by atoms with Crippen LogP contribution in [0.4, 0.5) is 0 Å². The Labute approximate surface area is 168 Å². The molecule has 2 aromatic rings. The maximum Gasteiger partial charge on any atom is 0.233 e. The first-order valence-corrected chi connectivity index (χ1v) is 10.7. The smallest absolute Gasteiger partial charge is 0.233 e. The van der Waals surface area contributed by atoms with E-state index in [1.165, 1.54) is 11.8 Å². The van der Waals surface area contributed by atoms with Gasteiger partial charge in [-0.2, -0.15) is 0 Å². The van der Waals surface area contributed by atoms with Gasteiger partial charge in [0.1, 0.15) is 13.2 Å². The molecule has 4 rings (SSSR count). The Morgan fingerprint density at radius 1 is 1.29 bits per heavy atom. The van der Waals surface area contributed by atoms with Gasteiger partial charge >= 0.3 is 0 Å². The van der Waals surface area contributed by atoms with Gasteiger partial charge in [0.25, 0.3) is 0 Å². The van der Waals surface area contributed by atoms with E-state index in [4.69, 9.17) is 9.47 Å². The topological polar surface area (TPSA) is 82.4 Å². The van der Waals surface area contributed by atoms with Crippen LogP contribution in [-0.4, -0.2) is 56.5 Å². The second kappa shape index (κ2) is 8.38. The number of rotatable bonds is 6. The van der Waals surface area contributed by atoms with Crippen molar-refractivity contribution in [3.05, 3.63) is 23.8 Å². The summed E-state index contributed by atoms with van der Waals surface area (Å²) >= 11 is 1.40. The van der Waals surface area contributed by atoms with Crippen LogP contribution in [0.1, 0.15) is 38.3 Å². The highest BCUT2D eigenvalue weighted by Gasteiger charge is 2.31. The van der Waals surface area contributed by atoms with E-state index in [1.54, 1.807) is 4.68 Å². The third-order valence-electron chi connectivity index (χ3n) is 4.89. The molecule has 0 saturated carbocycles. The molecule has 0 aliphatic carbocycles. The highest BCUT2D eigenvalue weighted by Crippen LogP contribution is 2.38. The fourth-order valence-electron chi connectivity index (χ4n) is 3.65. The van der Waals surface area contributed by atoms with E-state index >= 15 is 0 Å². The number of amides is 1. The van der Waals surface area contributed by atoms with Crippen LogP contribution in [0, 0.1) is 5.92 Å². The SMILES string of the molecule is CC(C)Cn1nnnc1SCC(=O)N1CCCC1c1ccc2c(c1)OCCO2. The van der Waals surface area contributed by atoms with Crippen LogP contribution >= 0.6 is 11.8 Å². The first kappa shape index (κ1) is 19.0. The Balaban J connectivity index is 1.42. The molecule has 1 fully saturated rings. The molecule has 3 heterocycles. The molecular weight excluding hydrogens is 378 g/mol. The lowest BCUT2D eigenvalue weighted by Crippen LogP contribution is -2.32. The van der Waals surface area contributed by atoms with Crippen molar-refractivity contribution in [2.24, 2.45) is 5.92 Å². The van der Waals surface area contributed by atoms with Gasteiger partial charge in [0, 0.05) is 13.1 Å². The summed E-state index contributed by atoms with van der Waals surface area (Å²) in [5, 5.41) is 12.5. The largest absolute Gasteiger partial charge is 0.486 e. The number of tetrazole rings is 1. The predicted octanol–water partition coefficient (Wildman–Crippen LogP) is 2.56. The molecule has 8 nitrogen and oxygen atoms in total. The normalized spacial score (nSPS) is 18.7. The number of aromatic nitrogens is 4. The second-order valence-electron chi connectivity index (χ2n) is 7.47. The number of ether oxygens (including phenoxy) is 2. The number of carbonyl (C=O) groups excluding carboxylic acids is 1. The van der Waals surface area contributed by atoms with Crippen LogP contribution in [-0.2, 0) is 11.3 Å². The van der Waals surface area contributed by atoms with Crippen LogP contribution in [0.5, 0.6) is 11.5 Å². The molecule has 1 unspecified atom stereocenters. The van der Waals surface area contributed by atoms with Gasteiger partial charge in [0.15, 0.2) is 11.5 Å². The Kier molecular flexibility index (Phi) is 5.70. The second-order valence-corrected chi connectivity index (χ2v) is 8.42. The number of hydrogen-bond donors (Lipinski definition) is 0. The highest BCUT2D eigenvalue weighted by molar-refractivity contribution is 7.99. The summed E-state index contributed by atoms with van der Waals surface area (Å²) in [6.45, 7) is 6.88. The number of nitrogens with zero attached hydrogens (tertiary/aromatic N) is 5. The number of fused-ring (bicyclic) bond motifs is 1. The zero-order chi connectivity index (χ0) is 19.5. The van der Waals surface area contributed by atoms with Gasteiger partial charge in [0.2, 0.25) is 11.1 Å². The molecule has 28 heavy (non-hydrogen) atoms. The minimum atomic E-state index is 0.0792. The summed E-state index contributed by atoms with van der Waals surface area (Å²) in [5.74, 6) is 2.43. The first-order valence-electron chi connectivity index (χ1n) is 9.70. The summed E-state index contributed by atoms with van der Waals surface area (Å²) < 4.78 is 13.1. The molecule has 1 saturated heterocycles. The van der Waals surface area contributed by atoms with Crippen molar-refractivity contribution in [3.63, 3.8) is 0 Å². The van der Waals surface area contributed by atoms with E-state index in [9.17, 15) is 4.79 Å². The van der Waals surface area contributed by atoms with Gasteiger partial charge in [-0.25, -0.2) is 4.68 Å². The summed E-state index contributed by atoms with van der Waals surface area (Å²) in [6.07, 6.45) is 1.96. The Morgan fingerprint density at radius 3 is 2.93 bits per heavy atom. The van der Waals surface area contributed by atoms with E-state index in [2.05, 4.69) is 29.4 Å². The third kappa shape index (κ3) is 4.09. The number of thioether (sulfide) groups is 1. The maximum atomic E-state index is 12.9. The zero-order valence-electron chi connectivity index (χ0n) is 16.2. The van der Waals surface area contributed by atoms with E-state index in [0.29, 0.717) is 30.0 Å². The van der Waals surface area contributed by atoms with Crippen molar-refractivity contribution in [1.29, 1.82) is 0 Å². The Hall–Kier alpha value is -2.29. The fraction of sp³-hybridized carbons (Fsp3) is 0.579. The minimum Gasteiger partial charge on any atom is -0.486 e. The number of hydrogen-bond acceptors (Lipinski definition) is 7. The lowest BCUT2D eigenvalue weighted by Gasteiger charge is -2.26. The van der Waals surface area contributed by atoms with Crippen molar-refractivity contribution in [1.82, 2.24) is 25.1 Å². The molecule has 1 aromatic heterocycles. The average Bonchev–Trinajstić information content (AvgIpc) is 3.35. The van der Waals surface area contributed by atoms with Crippen LogP contribution in [0.25, 0.3) is 0 Å². The Bertz CT molecular complexity index is 841. The van der Waals surface area contributed by atoms with Gasteiger partial charge in [-0.05, 0) is 46.9 Å². The predicted molar refractivity (Wildman–Crippen MR) is 104 cm³/mol. The molecule has 1 atom stereocenters. The molecular formula is C19H25N5O3S. The first-order chi connectivity index (χ1) is 13.6. The lowest BCUT2D eigenvalue weighted by atomic mass is 10.0. The van der Waals surface area contributed by atoms with Gasteiger partial charge < -0.3 is 14.4 Å². The molecule has 0 radical (unpaired) electrons. The summed E-state index contributed by atoms with van der Waals surface area (Å²) in [4.78, 5) is 14.9. The number of carbonyl (C=O) groups is 1. The summed E-state index contributed by atoms with van der Waals surface area (Å²) in [6, 6.07) is 6.08. The standard InChI is InChI=1S/C19H25N5O3S/c1-13(2)11-24-19(20-21-22-24)28-12-18(25)23-7-3-4-15(23)14-5-6-16-17(10-14)27-9-8-26-16/h5-6,10,13,15H,3-4,7-9,11-12H2,1-2H3. The molecule has 0 N–H and O–H groups in total. The van der Waals surface area contributed by atoms with Crippen molar-refractivity contribution in [2.45, 2.75) is 44.4 Å². The van der Waals surface area contributed by atoms with Crippen molar-refractivity contribution >= 4 is 17.7 Å². The Morgan fingerprint density at radius 2 is 2.11 bits per heavy atom. The van der Waals surface area contributed by atoms with Gasteiger partial charge in [0.05, 0.1) is 11.8 Å². The third-order valence-corrected chi connectivity index (χ3v) is 5.83. The van der Waals surface area contributed by atoms with Crippen molar-refractivity contribution in [3.8, 4) is 11.5 Å². The van der Waals surface area contributed by atoms with Gasteiger partial charge in [-0.15, -0.1) is 5.10 Å². The average molecular weight is 404 g/mol. The molecule has 1 amide bonds.